The molecule has 0 aliphatic heterocycles. The Hall–Kier alpha value is -3.20. The third-order valence-electron chi connectivity index (χ3n) is 5.14. The maximum atomic E-state index is 12.8. The van der Waals surface area contributed by atoms with Crippen LogP contribution in [-0.4, -0.2) is 34.9 Å². The van der Waals surface area contributed by atoms with E-state index in [0.29, 0.717) is 30.2 Å². The molecule has 2 amide bonds. The number of hydrogen-bond donors (Lipinski definition) is 3. The molecule has 9 heteroatoms. The van der Waals surface area contributed by atoms with Gasteiger partial charge in [0, 0.05) is 11.3 Å². The van der Waals surface area contributed by atoms with Crippen LogP contribution in [0.2, 0.25) is 0 Å². The third kappa shape index (κ3) is 4.51. The summed E-state index contributed by atoms with van der Waals surface area (Å²) in [5.41, 5.74) is 1.30. The number of rotatable bonds is 6. The largest absolute Gasteiger partial charge is 0.331 e. The monoisotopic (exact) mass is 425 g/mol. The molecule has 3 N–H and O–H groups in total. The number of carbonyl (C=O) groups is 1. The summed E-state index contributed by atoms with van der Waals surface area (Å²) in [7, 11) is -3.37. The van der Waals surface area contributed by atoms with Crippen LogP contribution in [0.5, 0.6) is 0 Å². The van der Waals surface area contributed by atoms with Crippen molar-refractivity contribution in [1.82, 2.24) is 20.5 Å². The summed E-state index contributed by atoms with van der Waals surface area (Å²) in [6.45, 7) is 0.158. The van der Waals surface area contributed by atoms with Gasteiger partial charge >= 0.3 is 6.03 Å². The van der Waals surface area contributed by atoms with Crippen LogP contribution in [0.3, 0.4) is 0 Å². The first-order valence-electron chi connectivity index (χ1n) is 9.88. The van der Waals surface area contributed by atoms with Gasteiger partial charge in [-0.25, -0.2) is 18.2 Å². The van der Waals surface area contributed by atoms with Crippen molar-refractivity contribution in [3.05, 3.63) is 60.4 Å². The molecule has 1 aliphatic carbocycles. The highest BCUT2D eigenvalue weighted by Gasteiger charge is 2.30. The second-order valence-corrected chi connectivity index (χ2v) is 9.49. The summed E-state index contributed by atoms with van der Waals surface area (Å²) in [5.74, 6) is 1.07. The highest BCUT2D eigenvalue weighted by Crippen LogP contribution is 2.30. The van der Waals surface area contributed by atoms with E-state index in [4.69, 9.17) is 0 Å². The molecule has 0 spiro atoms. The first-order valence-corrected chi connectivity index (χ1v) is 11.4. The predicted octanol–water partition coefficient (Wildman–Crippen LogP) is 3.51. The maximum absolute atomic E-state index is 12.8. The summed E-state index contributed by atoms with van der Waals surface area (Å²) in [4.78, 5) is 16.9. The Balaban J connectivity index is 1.36. The second kappa shape index (κ2) is 8.66. The Morgan fingerprint density at radius 2 is 1.83 bits per heavy atom. The van der Waals surface area contributed by atoms with Gasteiger partial charge in [0.2, 0.25) is 0 Å². The standard InChI is InChI=1S/C21H23N5O3S/c27-21(22-14-19-24-20(26-25-19)15-7-2-1-3-8-15)23-16-9-6-12-18(13-16)30(28,29)17-10-4-5-11-17/h1-3,6-9,12-13,17H,4-5,10-11,14H2,(H2,22,23,27)(H,24,25,26). The van der Waals surface area contributed by atoms with Gasteiger partial charge in [0.05, 0.1) is 16.7 Å². The van der Waals surface area contributed by atoms with Crippen molar-refractivity contribution in [2.24, 2.45) is 0 Å². The van der Waals surface area contributed by atoms with Crippen LogP contribution in [-0.2, 0) is 16.4 Å². The van der Waals surface area contributed by atoms with Crippen LogP contribution in [0.1, 0.15) is 31.5 Å². The van der Waals surface area contributed by atoms with Crippen molar-refractivity contribution >= 4 is 21.6 Å². The van der Waals surface area contributed by atoms with Gasteiger partial charge in [-0.05, 0) is 31.0 Å². The van der Waals surface area contributed by atoms with Gasteiger partial charge in [0.1, 0.15) is 5.82 Å². The molecule has 0 unspecified atom stereocenters. The van der Waals surface area contributed by atoms with Crippen molar-refractivity contribution in [2.75, 3.05) is 5.32 Å². The van der Waals surface area contributed by atoms with Crippen LogP contribution >= 0.6 is 0 Å². The van der Waals surface area contributed by atoms with Gasteiger partial charge in [0.25, 0.3) is 0 Å². The molecule has 30 heavy (non-hydrogen) atoms. The van der Waals surface area contributed by atoms with Crippen LogP contribution in [0, 0.1) is 0 Å². The zero-order valence-corrected chi connectivity index (χ0v) is 17.2. The zero-order valence-electron chi connectivity index (χ0n) is 16.3. The van der Waals surface area contributed by atoms with Crippen LogP contribution < -0.4 is 10.6 Å². The molecule has 8 nitrogen and oxygen atoms in total. The second-order valence-electron chi connectivity index (χ2n) is 7.26. The summed E-state index contributed by atoms with van der Waals surface area (Å²) < 4.78 is 25.5. The fourth-order valence-corrected chi connectivity index (χ4v) is 5.47. The third-order valence-corrected chi connectivity index (χ3v) is 7.40. The van der Waals surface area contributed by atoms with Gasteiger partial charge in [-0.15, -0.1) is 0 Å². The minimum absolute atomic E-state index is 0.158. The molecule has 2 aromatic carbocycles. The van der Waals surface area contributed by atoms with Crippen LogP contribution in [0.4, 0.5) is 10.5 Å². The number of carbonyl (C=O) groups excluding carboxylic acids is 1. The number of H-pyrrole nitrogens is 1. The number of benzene rings is 2. The average molecular weight is 426 g/mol. The molecule has 1 heterocycles. The van der Waals surface area contributed by atoms with E-state index in [2.05, 4.69) is 25.8 Å². The predicted molar refractivity (Wildman–Crippen MR) is 114 cm³/mol. The number of aromatic nitrogens is 3. The summed E-state index contributed by atoms with van der Waals surface area (Å²) in [6, 6.07) is 15.5. The Kier molecular flexibility index (Phi) is 5.80. The lowest BCUT2D eigenvalue weighted by Gasteiger charge is -2.13. The lowest BCUT2D eigenvalue weighted by atomic mass is 10.2. The first kappa shape index (κ1) is 20.1. The molecule has 1 aromatic heterocycles. The maximum Gasteiger partial charge on any atom is 0.319 e. The number of hydrogen-bond acceptors (Lipinski definition) is 5. The van der Waals surface area contributed by atoms with Crippen molar-refractivity contribution in [1.29, 1.82) is 0 Å². The molecule has 3 aromatic rings. The summed E-state index contributed by atoms with van der Waals surface area (Å²) >= 11 is 0. The Labute approximate surface area is 175 Å². The molecule has 1 fully saturated rings. The van der Waals surface area contributed by atoms with Crippen molar-refractivity contribution in [3.8, 4) is 11.4 Å². The fourth-order valence-electron chi connectivity index (χ4n) is 3.57. The molecule has 1 aliphatic rings. The van der Waals surface area contributed by atoms with Gasteiger partial charge in [0.15, 0.2) is 15.7 Å². The smallest absolute Gasteiger partial charge is 0.319 e. The lowest BCUT2D eigenvalue weighted by Crippen LogP contribution is -2.28. The summed E-state index contributed by atoms with van der Waals surface area (Å²) in [5, 5.41) is 12.0. The normalized spacial score (nSPS) is 14.5. The molecular formula is C21H23N5O3S. The lowest BCUT2D eigenvalue weighted by molar-refractivity contribution is 0.251. The van der Waals surface area contributed by atoms with Crippen LogP contribution in [0.25, 0.3) is 11.4 Å². The van der Waals surface area contributed by atoms with E-state index in [-0.39, 0.29) is 16.7 Å². The number of nitrogens with zero attached hydrogens (tertiary/aromatic N) is 2. The molecule has 0 saturated heterocycles. The molecule has 156 valence electrons. The topological polar surface area (TPSA) is 117 Å². The zero-order chi connectivity index (χ0) is 21.0. The van der Waals surface area contributed by atoms with E-state index < -0.39 is 15.9 Å². The van der Waals surface area contributed by atoms with Crippen molar-refractivity contribution < 1.29 is 13.2 Å². The Morgan fingerprint density at radius 3 is 2.60 bits per heavy atom. The van der Waals surface area contributed by atoms with Crippen molar-refractivity contribution in [2.45, 2.75) is 42.4 Å². The Morgan fingerprint density at radius 1 is 1.07 bits per heavy atom. The quantitative estimate of drug-likeness (QED) is 0.559. The van der Waals surface area contributed by atoms with E-state index in [1.54, 1.807) is 18.2 Å². The molecular weight excluding hydrogens is 402 g/mol. The van der Waals surface area contributed by atoms with Crippen molar-refractivity contribution in [3.63, 3.8) is 0 Å². The number of urea groups is 1. The van der Waals surface area contributed by atoms with Gasteiger partial charge in [-0.2, -0.15) is 5.10 Å². The van der Waals surface area contributed by atoms with E-state index >= 15 is 0 Å². The first-order chi connectivity index (χ1) is 14.5. The number of aromatic amines is 1. The molecule has 1 saturated carbocycles. The van der Waals surface area contributed by atoms with E-state index in [1.165, 1.54) is 6.07 Å². The average Bonchev–Trinajstić information content (AvgIpc) is 3.46. The SMILES string of the molecule is O=C(NCc1nc(-c2ccccc2)n[nH]1)Nc1cccc(S(=O)(=O)C2CCCC2)c1. The summed E-state index contributed by atoms with van der Waals surface area (Å²) in [6.07, 6.45) is 3.28. The van der Waals surface area contributed by atoms with Crippen LogP contribution in [0.15, 0.2) is 59.5 Å². The number of sulfone groups is 1. The fraction of sp³-hybridized carbons (Fsp3) is 0.286. The van der Waals surface area contributed by atoms with E-state index in [0.717, 1.165) is 18.4 Å². The highest BCUT2D eigenvalue weighted by molar-refractivity contribution is 7.92. The minimum Gasteiger partial charge on any atom is -0.331 e. The molecule has 4 rings (SSSR count). The van der Waals surface area contributed by atoms with Gasteiger partial charge in [-0.3, -0.25) is 5.10 Å². The minimum atomic E-state index is -3.37. The number of anilines is 1. The number of amides is 2. The van der Waals surface area contributed by atoms with E-state index in [1.807, 2.05) is 30.3 Å². The number of nitrogens with one attached hydrogen (secondary N) is 3. The van der Waals surface area contributed by atoms with Gasteiger partial charge in [-0.1, -0.05) is 49.2 Å². The van der Waals surface area contributed by atoms with Gasteiger partial charge < -0.3 is 10.6 Å². The Bertz CT molecular complexity index is 1120. The molecule has 0 atom stereocenters. The van der Waals surface area contributed by atoms with E-state index in [9.17, 15) is 13.2 Å². The molecule has 0 bridgehead atoms. The highest BCUT2D eigenvalue weighted by atomic mass is 32.2. The molecule has 0 radical (unpaired) electrons.